The molecule has 1 saturated heterocycles. The maximum absolute atomic E-state index is 12.9. The van der Waals surface area contributed by atoms with E-state index >= 15 is 0 Å². The molecule has 1 atom stereocenters. The molecular formula is C21H25N3O4. The molecule has 1 N–H and O–H groups in total. The van der Waals surface area contributed by atoms with Crippen LogP contribution < -0.4 is 5.32 Å². The zero-order valence-corrected chi connectivity index (χ0v) is 16.2. The van der Waals surface area contributed by atoms with Crippen LogP contribution in [0.5, 0.6) is 0 Å². The monoisotopic (exact) mass is 383 g/mol. The Labute approximate surface area is 164 Å². The van der Waals surface area contributed by atoms with Crippen LogP contribution in [-0.2, 0) is 11.3 Å². The molecule has 1 aromatic carbocycles. The van der Waals surface area contributed by atoms with Gasteiger partial charge >= 0.3 is 0 Å². The molecule has 2 amide bonds. The van der Waals surface area contributed by atoms with Crippen LogP contribution in [0, 0.1) is 12.3 Å². The Morgan fingerprint density at radius 3 is 2.68 bits per heavy atom. The number of aromatic nitrogens is 1. The molecule has 2 heterocycles. The van der Waals surface area contributed by atoms with Gasteiger partial charge in [-0.15, -0.1) is 0 Å². The van der Waals surface area contributed by atoms with Gasteiger partial charge in [-0.2, -0.15) is 0 Å². The molecule has 1 aliphatic heterocycles. The molecule has 148 valence electrons. The van der Waals surface area contributed by atoms with E-state index in [1.807, 2.05) is 35.2 Å². The van der Waals surface area contributed by atoms with Crippen LogP contribution in [0.1, 0.15) is 51.4 Å². The summed E-state index contributed by atoms with van der Waals surface area (Å²) in [7, 11) is 1.59. The minimum Gasteiger partial charge on any atom is -0.380 e. The van der Waals surface area contributed by atoms with Crippen LogP contribution in [0.15, 0.2) is 34.9 Å². The van der Waals surface area contributed by atoms with Gasteiger partial charge in [0.1, 0.15) is 5.76 Å². The quantitative estimate of drug-likeness (QED) is 0.858. The number of rotatable bonds is 5. The van der Waals surface area contributed by atoms with E-state index in [0.29, 0.717) is 42.3 Å². The lowest BCUT2D eigenvalue weighted by Gasteiger charge is -2.32. The van der Waals surface area contributed by atoms with Crippen molar-refractivity contribution in [2.75, 3.05) is 20.2 Å². The van der Waals surface area contributed by atoms with E-state index < -0.39 is 0 Å². The number of ether oxygens (including phenoxy) is 1. The third-order valence-electron chi connectivity index (χ3n) is 6.05. The Kier molecular flexibility index (Phi) is 4.93. The fourth-order valence-corrected chi connectivity index (χ4v) is 4.11. The van der Waals surface area contributed by atoms with E-state index in [9.17, 15) is 9.59 Å². The third-order valence-corrected chi connectivity index (χ3v) is 6.05. The van der Waals surface area contributed by atoms with E-state index in [0.717, 1.165) is 19.3 Å². The number of benzene rings is 1. The van der Waals surface area contributed by atoms with Gasteiger partial charge in [-0.3, -0.25) is 9.59 Å². The fraction of sp³-hybridized carbons (Fsp3) is 0.476. The highest BCUT2D eigenvalue weighted by atomic mass is 16.5. The van der Waals surface area contributed by atoms with Gasteiger partial charge in [-0.1, -0.05) is 23.4 Å². The SMILES string of the molecule is COCc1c(C(=O)N2CCC3(CC2)CC3NC(=O)c2ccccc2)noc1C. The van der Waals surface area contributed by atoms with Crippen molar-refractivity contribution in [1.82, 2.24) is 15.4 Å². The van der Waals surface area contributed by atoms with Crippen molar-refractivity contribution in [3.63, 3.8) is 0 Å². The Morgan fingerprint density at radius 2 is 2.00 bits per heavy atom. The molecule has 2 aliphatic rings. The van der Waals surface area contributed by atoms with Crippen LogP contribution in [-0.4, -0.2) is 48.1 Å². The van der Waals surface area contributed by atoms with Crippen LogP contribution >= 0.6 is 0 Å². The van der Waals surface area contributed by atoms with Crippen molar-refractivity contribution >= 4 is 11.8 Å². The lowest BCUT2D eigenvalue weighted by Crippen LogP contribution is -2.42. The second kappa shape index (κ2) is 7.39. The Morgan fingerprint density at radius 1 is 1.29 bits per heavy atom. The zero-order valence-electron chi connectivity index (χ0n) is 16.2. The van der Waals surface area contributed by atoms with Gasteiger partial charge < -0.3 is 19.5 Å². The summed E-state index contributed by atoms with van der Waals surface area (Å²) in [6.07, 6.45) is 2.75. The summed E-state index contributed by atoms with van der Waals surface area (Å²) in [5.41, 5.74) is 1.87. The van der Waals surface area contributed by atoms with E-state index in [2.05, 4.69) is 10.5 Å². The average Bonchev–Trinajstić information content (AvgIpc) is 3.23. The minimum atomic E-state index is -0.107. The predicted octanol–water partition coefficient (Wildman–Crippen LogP) is 2.55. The number of carbonyl (C=O) groups is 2. The molecule has 2 fully saturated rings. The number of nitrogens with zero attached hydrogens (tertiary/aromatic N) is 2. The van der Waals surface area contributed by atoms with E-state index in [4.69, 9.17) is 9.26 Å². The molecule has 1 aliphatic carbocycles. The van der Waals surface area contributed by atoms with Gasteiger partial charge in [0.15, 0.2) is 5.69 Å². The average molecular weight is 383 g/mol. The molecule has 28 heavy (non-hydrogen) atoms. The topological polar surface area (TPSA) is 84.7 Å². The first kappa shape index (κ1) is 18.7. The van der Waals surface area contributed by atoms with Crippen molar-refractivity contribution < 1.29 is 18.8 Å². The lowest BCUT2D eigenvalue weighted by atomic mass is 9.92. The summed E-state index contributed by atoms with van der Waals surface area (Å²) in [5.74, 6) is 0.483. The minimum absolute atomic E-state index is 0.0248. The molecule has 0 bridgehead atoms. The third kappa shape index (κ3) is 3.42. The van der Waals surface area contributed by atoms with Crippen LogP contribution in [0.2, 0.25) is 0 Å². The fourth-order valence-electron chi connectivity index (χ4n) is 4.11. The highest BCUT2D eigenvalue weighted by Gasteiger charge is 2.56. The molecule has 0 radical (unpaired) electrons. The lowest BCUT2D eigenvalue weighted by molar-refractivity contribution is 0.0654. The van der Waals surface area contributed by atoms with Crippen molar-refractivity contribution in [3.8, 4) is 0 Å². The van der Waals surface area contributed by atoms with Gasteiger partial charge in [0, 0.05) is 31.8 Å². The summed E-state index contributed by atoms with van der Waals surface area (Å²) in [4.78, 5) is 27.1. The largest absolute Gasteiger partial charge is 0.380 e. The number of nitrogens with one attached hydrogen (secondary N) is 1. The number of piperidine rings is 1. The summed E-state index contributed by atoms with van der Waals surface area (Å²) in [6.45, 7) is 3.42. The number of hydrogen-bond donors (Lipinski definition) is 1. The maximum atomic E-state index is 12.9. The number of aryl methyl sites for hydroxylation is 1. The Bertz CT molecular complexity index is 869. The summed E-state index contributed by atoms with van der Waals surface area (Å²) >= 11 is 0. The number of likely N-dealkylation sites (tertiary alicyclic amines) is 1. The first-order chi connectivity index (χ1) is 13.5. The van der Waals surface area contributed by atoms with Crippen molar-refractivity contribution in [1.29, 1.82) is 0 Å². The smallest absolute Gasteiger partial charge is 0.276 e. The van der Waals surface area contributed by atoms with Gasteiger partial charge in [-0.05, 0) is 43.7 Å². The van der Waals surface area contributed by atoms with E-state index in [-0.39, 0.29) is 23.3 Å². The van der Waals surface area contributed by atoms with Crippen molar-refractivity contribution in [3.05, 3.63) is 52.9 Å². The highest BCUT2D eigenvalue weighted by Crippen LogP contribution is 2.54. The van der Waals surface area contributed by atoms with Crippen LogP contribution in [0.4, 0.5) is 0 Å². The standard InChI is InChI=1S/C21H25N3O4/c1-14-16(13-27-2)18(23-28-14)20(26)24-10-8-21(9-11-24)12-17(21)22-19(25)15-6-4-3-5-7-15/h3-7,17H,8-13H2,1-2H3,(H,22,25). The van der Waals surface area contributed by atoms with E-state index in [1.165, 1.54) is 0 Å². The van der Waals surface area contributed by atoms with Gasteiger partial charge in [0.2, 0.25) is 0 Å². The zero-order chi connectivity index (χ0) is 19.7. The first-order valence-corrected chi connectivity index (χ1v) is 9.63. The maximum Gasteiger partial charge on any atom is 0.276 e. The van der Waals surface area contributed by atoms with Crippen molar-refractivity contribution in [2.45, 2.75) is 38.8 Å². The summed E-state index contributed by atoms with van der Waals surface area (Å²) in [6, 6.07) is 9.47. The Hall–Kier alpha value is -2.67. The molecule has 1 unspecified atom stereocenters. The predicted molar refractivity (Wildman–Crippen MR) is 102 cm³/mol. The second-order valence-corrected chi connectivity index (χ2v) is 7.75. The number of hydrogen-bond acceptors (Lipinski definition) is 5. The molecule has 1 spiro atoms. The summed E-state index contributed by atoms with van der Waals surface area (Å²) < 4.78 is 10.4. The van der Waals surface area contributed by atoms with Gasteiger partial charge in [0.25, 0.3) is 11.8 Å². The molecule has 7 heteroatoms. The molecule has 2 aromatic rings. The normalized spacial score (nSPS) is 20.2. The van der Waals surface area contributed by atoms with Crippen LogP contribution in [0.25, 0.3) is 0 Å². The number of amides is 2. The molecule has 1 aromatic heterocycles. The molecule has 7 nitrogen and oxygen atoms in total. The molecular weight excluding hydrogens is 358 g/mol. The number of carbonyl (C=O) groups excluding carboxylic acids is 2. The van der Waals surface area contributed by atoms with Gasteiger partial charge in [0.05, 0.1) is 12.2 Å². The van der Waals surface area contributed by atoms with Crippen molar-refractivity contribution in [2.24, 2.45) is 5.41 Å². The molecule has 1 saturated carbocycles. The summed E-state index contributed by atoms with van der Waals surface area (Å²) in [5, 5.41) is 7.10. The van der Waals surface area contributed by atoms with Gasteiger partial charge in [-0.25, -0.2) is 0 Å². The Balaban J connectivity index is 1.34. The second-order valence-electron chi connectivity index (χ2n) is 7.75. The molecule has 4 rings (SSSR count). The number of methoxy groups -OCH3 is 1. The van der Waals surface area contributed by atoms with E-state index in [1.54, 1.807) is 14.0 Å². The highest BCUT2D eigenvalue weighted by molar-refractivity contribution is 5.95. The van der Waals surface area contributed by atoms with Crippen LogP contribution in [0.3, 0.4) is 0 Å². The first-order valence-electron chi connectivity index (χ1n) is 9.63.